The monoisotopic (exact) mass is 388 g/mol. The van der Waals surface area contributed by atoms with Crippen molar-refractivity contribution >= 4 is 16.7 Å². The second kappa shape index (κ2) is 6.83. The highest BCUT2D eigenvalue weighted by molar-refractivity contribution is 6.25. The number of fused-ring (bicyclic) bond motifs is 2. The highest BCUT2D eigenvalue weighted by atomic mass is 19.1. The predicted octanol–water partition coefficient (Wildman–Crippen LogP) is 3.83. The molecular weight excluding hydrogens is 371 g/mol. The molecule has 5 nitrogen and oxygen atoms in total. The van der Waals surface area contributed by atoms with E-state index < -0.39 is 11.9 Å². The molecule has 1 aromatic heterocycles. The van der Waals surface area contributed by atoms with Crippen molar-refractivity contribution in [2.75, 3.05) is 6.61 Å². The Hall–Kier alpha value is -3.51. The van der Waals surface area contributed by atoms with Gasteiger partial charge in [-0.05, 0) is 18.2 Å². The first-order valence-corrected chi connectivity index (χ1v) is 9.32. The van der Waals surface area contributed by atoms with Crippen LogP contribution in [0.3, 0.4) is 0 Å². The van der Waals surface area contributed by atoms with Crippen LogP contribution in [0.4, 0.5) is 4.39 Å². The fourth-order valence-electron chi connectivity index (χ4n) is 3.78. The molecule has 0 radical (unpaired) electrons. The van der Waals surface area contributed by atoms with Gasteiger partial charge in [-0.15, -0.1) is 0 Å². The molecular formula is C23H17FN2O3. The van der Waals surface area contributed by atoms with E-state index >= 15 is 0 Å². The molecule has 0 unspecified atom stereocenters. The van der Waals surface area contributed by atoms with Crippen molar-refractivity contribution in [3.8, 4) is 17.0 Å². The number of halogens is 1. The lowest BCUT2D eigenvalue weighted by molar-refractivity contribution is 0.0886. The van der Waals surface area contributed by atoms with E-state index in [0.29, 0.717) is 11.1 Å². The molecule has 1 aliphatic carbocycles. The lowest BCUT2D eigenvalue weighted by Gasteiger charge is -2.14. The number of rotatable bonds is 5. The van der Waals surface area contributed by atoms with Crippen LogP contribution in [-0.4, -0.2) is 33.4 Å². The first-order chi connectivity index (χ1) is 14.1. The lowest BCUT2D eigenvalue weighted by atomic mass is 9.87. The minimum Gasteiger partial charge on any atom is -0.488 e. The largest absolute Gasteiger partial charge is 0.488 e. The summed E-state index contributed by atoms with van der Waals surface area (Å²) in [5.74, 6) is -0.406. The summed E-state index contributed by atoms with van der Waals surface area (Å²) in [5.41, 5.74) is 3.52. The van der Waals surface area contributed by atoms with Gasteiger partial charge in [-0.2, -0.15) is 5.10 Å². The SMILES string of the molecule is O=C1c2ccccc2-c2nn(C[C@@H](O)COc3ccccc3F)c3cccc1c23. The van der Waals surface area contributed by atoms with Crippen LogP contribution in [0.1, 0.15) is 15.9 Å². The molecule has 0 aliphatic heterocycles. The summed E-state index contributed by atoms with van der Waals surface area (Å²) >= 11 is 0. The van der Waals surface area contributed by atoms with Crippen LogP contribution in [0, 0.1) is 5.82 Å². The molecule has 5 rings (SSSR count). The van der Waals surface area contributed by atoms with E-state index in [-0.39, 0.29) is 24.7 Å². The second-order valence-electron chi connectivity index (χ2n) is 7.00. The molecule has 0 saturated carbocycles. The second-order valence-corrected chi connectivity index (χ2v) is 7.00. The third-order valence-electron chi connectivity index (χ3n) is 5.10. The number of hydrogen-bond donors (Lipinski definition) is 1. The Morgan fingerprint density at radius 1 is 0.966 bits per heavy atom. The van der Waals surface area contributed by atoms with Crippen LogP contribution in [0.25, 0.3) is 22.2 Å². The van der Waals surface area contributed by atoms with E-state index in [9.17, 15) is 14.3 Å². The van der Waals surface area contributed by atoms with Crippen molar-refractivity contribution in [3.63, 3.8) is 0 Å². The van der Waals surface area contributed by atoms with Gasteiger partial charge in [0.1, 0.15) is 18.4 Å². The number of carbonyl (C=O) groups excluding carboxylic acids is 1. The standard InChI is InChI=1S/C23H17FN2O3/c24-18-9-3-4-11-20(18)29-13-14(27)12-26-19-10-5-8-17-21(19)22(25-26)15-6-1-2-7-16(15)23(17)28/h1-11,14,27H,12-13H2/t14-/m1/s1. The highest BCUT2D eigenvalue weighted by Gasteiger charge is 2.28. The Labute approximate surface area is 166 Å². The number of aliphatic hydroxyl groups is 1. The van der Waals surface area contributed by atoms with E-state index in [1.165, 1.54) is 12.1 Å². The molecule has 4 aromatic rings. The molecule has 1 heterocycles. The van der Waals surface area contributed by atoms with Crippen molar-refractivity contribution in [1.29, 1.82) is 0 Å². The summed E-state index contributed by atoms with van der Waals surface area (Å²) in [6.45, 7) is 0.0809. The van der Waals surface area contributed by atoms with Gasteiger partial charge in [0.2, 0.25) is 0 Å². The van der Waals surface area contributed by atoms with Gasteiger partial charge in [-0.25, -0.2) is 4.39 Å². The summed E-state index contributed by atoms with van der Waals surface area (Å²) in [5, 5.41) is 15.9. The molecule has 0 saturated heterocycles. The molecule has 144 valence electrons. The van der Waals surface area contributed by atoms with Gasteiger partial charge in [-0.3, -0.25) is 9.48 Å². The number of ether oxygens (including phenoxy) is 1. The zero-order valence-corrected chi connectivity index (χ0v) is 15.4. The van der Waals surface area contributed by atoms with Crippen molar-refractivity contribution in [3.05, 3.63) is 83.7 Å². The molecule has 0 fully saturated rings. The zero-order valence-electron chi connectivity index (χ0n) is 15.4. The lowest BCUT2D eigenvalue weighted by Crippen LogP contribution is -2.24. The van der Waals surface area contributed by atoms with Crippen LogP contribution in [0.5, 0.6) is 5.75 Å². The number of benzene rings is 3. The van der Waals surface area contributed by atoms with Crippen LogP contribution in [-0.2, 0) is 6.54 Å². The smallest absolute Gasteiger partial charge is 0.194 e. The molecule has 0 bridgehead atoms. The van der Waals surface area contributed by atoms with E-state index in [2.05, 4.69) is 5.10 Å². The van der Waals surface area contributed by atoms with Crippen LogP contribution >= 0.6 is 0 Å². The summed E-state index contributed by atoms with van der Waals surface area (Å²) in [6.07, 6.45) is -0.902. The maximum Gasteiger partial charge on any atom is 0.194 e. The summed E-state index contributed by atoms with van der Waals surface area (Å²) < 4.78 is 20.8. The van der Waals surface area contributed by atoms with Crippen molar-refractivity contribution in [1.82, 2.24) is 9.78 Å². The maximum atomic E-state index is 13.7. The Morgan fingerprint density at radius 3 is 2.52 bits per heavy atom. The molecule has 1 atom stereocenters. The van der Waals surface area contributed by atoms with Gasteiger partial charge in [0, 0.05) is 22.1 Å². The van der Waals surface area contributed by atoms with Gasteiger partial charge in [0.05, 0.1) is 12.1 Å². The van der Waals surface area contributed by atoms with Crippen molar-refractivity contribution in [2.45, 2.75) is 12.6 Å². The number of para-hydroxylation sites is 1. The normalized spacial score (nSPS) is 13.4. The fraction of sp³-hybridized carbons (Fsp3) is 0.130. The summed E-state index contributed by atoms with van der Waals surface area (Å²) in [6, 6.07) is 19.0. The fourth-order valence-corrected chi connectivity index (χ4v) is 3.78. The van der Waals surface area contributed by atoms with Crippen LogP contribution < -0.4 is 4.74 Å². The average molecular weight is 388 g/mol. The van der Waals surface area contributed by atoms with E-state index in [1.807, 2.05) is 30.3 Å². The van der Waals surface area contributed by atoms with Crippen molar-refractivity contribution in [2.24, 2.45) is 0 Å². The number of aliphatic hydroxyl groups excluding tert-OH is 1. The quantitative estimate of drug-likeness (QED) is 0.497. The van der Waals surface area contributed by atoms with Gasteiger partial charge in [0.15, 0.2) is 17.3 Å². The summed E-state index contributed by atoms with van der Waals surface area (Å²) in [7, 11) is 0. The number of carbonyl (C=O) groups is 1. The van der Waals surface area contributed by atoms with Crippen LogP contribution in [0.2, 0.25) is 0 Å². The van der Waals surface area contributed by atoms with Crippen LogP contribution in [0.15, 0.2) is 66.7 Å². The first-order valence-electron chi connectivity index (χ1n) is 9.32. The Bertz CT molecular complexity index is 1250. The van der Waals surface area contributed by atoms with E-state index in [1.54, 1.807) is 28.9 Å². The minimum atomic E-state index is -0.902. The van der Waals surface area contributed by atoms with Gasteiger partial charge in [0.25, 0.3) is 0 Å². The molecule has 29 heavy (non-hydrogen) atoms. The number of ketones is 1. The number of hydrogen-bond acceptors (Lipinski definition) is 4. The molecule has 0 spiro atoms. The number of aromatic nitrogens is 2. The van der Waals surface area contributed by atoms with E-state index in [4.69, 9.17) is 4.74 Å². The maximum absolute atomic E-state index is 13.7. The molecule has 1 N–H and O–H groups in total. The topological polar surface area (TPSA) is 64.4 Å². The first kappa shape index (κ1) is 17.6. The zero-order chi connectivity index (χ0) is 20.0. The third-order valence-corrected chi connectivity index (χ3v) is 5.10. The van der Waals surface area contributed by atoms with Gasteiger partial charge in [-0.1, -0.05) is 48.5 Å². The highest BCUT2D eigenvalue weighted by Crippen LogP contribution is 2.38. The summed E-state index contributed by atoms with van der Waals surface area (Å²) in [4.78, 5) is 12.9. The number of nitrogens with zero attached hydrogens (tertiary/aromatic N) is 2. The van der Waals surface area contributed by atoms with Crippen molar-refractivity contribution < 1.29 is 19.0 Å². The third kappa shape index (κ3) is 2.89. The molecule has 3 aromatic carbocycles. The molecule has 0 amide bonds. The minimum absolute atomic E-state index is 0.0262. The van der Waals surface area contributed by atoms with E-state index in [0.717, 1.165) is 22.2 Å². The average Bonchev–Trinajstić information content (AvgIpc) is 3.11. The van der Waals surface area contributed by atoms with Gasteiger partial charge >= 0.3 is 0 Å². The Kier molecular flexibility index (Phi) is 4.14. The Balaban J connectivity index is 1.47. The molecule has 1 aliphatic rings. The molecule has 6 heteroatoms. The van der Waals surface area contributed by atoms with Gasteiger partial charge < -0.3 is 9.84 Å². The Morgan fingerprint density at radius 2 is 1.69 bits per heavy atom. The predicted molar refractivity (Wildman–Crippen MR) is 107 cm³/mol.